The van der Waals surface area contributed by atoms with Crippen molar-refractivity contribution in [2.45, 2.75) is 212 Å². The summed E-state index contributed by atoms with van der Waals surface area (Å²) in [6, 6.07) is 0. The number of hydrogen-bond donors (Lipinski definition) is 8. The highest BCUT2D eigenvalue weighted by molar-refractivity contribution is 6.74. The van der Waals surface area contributed by atoms with Crippen molar-refractivity contribution in [1.29, 1.82) is 0 Å². The van der Waals surface area contributed by atoms with Crippen LogP contribution in [-0.4, -0.2) is 119 Å². The minimum absolute atomic E-state index is 0.0119. The third kappa shape index (κ3) is 9.84. The Hall–Kier alpha value is -3.12. The molecule has 436 valence electrons. The number of hydrogen-bond acceptors (Lipinski definition) is 14. The van der Waals surface area contributed by atoms with E-state index in [4.69, 9.17) is 24.6 Å². The molecule has 0 heterocycles. The molecule has 6 saturated carbocycles. The number of carbonyl (C=O) groups is 4. The molecule has 0 aromatic carbocycles. The van der Waals surface area contributed by atoms with Crippen LogP contribution in [0.2, 0.25) is 36.3 Å². The number of aliphatic carboxylic acids is 1. The van der Waals surface area contributed by atoms with Crippen LogP contribution >= 0.6 is 0 Å². The summed E-state index contributed by atoms with van der Waals surface area (Å²) in [7, 11) is -4.42. The van der Waals surface area contributed by atoms with E-state index in [9.17, 15) is 34.8 Å². The Bertz CT molecular complexity index is 2470. The number of hydrazine groups is 1. The van der Waals surface area contributed by atoms with Crippen molar-refractivity contribution >= 4 is 45.7 Å². The minimum atomic E-state index is -2.21. The van der Waals surface area contributed by atoms with Crippen molar-refractivity contribution in [3.63, 3.8) is 0 Å². The van der Waals surface area contributed by atoms with Gasteiger partial charge in [-0.25, -0.2) is 8.78 Å². The highest BCUT2D eigenvalue weighted by Crippen LogP contribution is 2.72. The van der Waals surface area contributed by atoms with Gasteiger partial charge in [-0.3, -0.25) is 30.9 Å². The largest absolute Gasteiger partial charge is 0.481 e. The summed E-state index contributed by atoms with van der Waals surface area (Å²) in [4.78, 5) is 48.5. The predicted molar refractivity (Wildman–Crippen MR) is 300 cm³/mol. The first-order valence-electron chi connectivity index (χ1n) is 27.7. The van der Waals surface area contributed by atoms with E-state index in [1.165, 1.54) is 12.2 Å². The average molecular weight is 1120 g/mol. The van der Waals surface area contributed by atoms with Crippen molar-refractivity contribution in [2.75, 3.05) is 13.2 Å². The molecule has 16 atom stereocenters. The summed E-state index contributed by atoms with van der Waals surface area (Å²) in [5, 5.41) is 58.2. The first-order chi connectivity index (χ1) is 35.0. The average Bonchev–Trinajstić information content (AvgIpc) is 3.65. The number of nitrogens with zero attached hydrogens (tertiary/aromatic N) is 1. The molecule has 0 amide bonds. The summed E-state index contributed by atoms with van der Waals surface area (Å²) in [6.07, 6.45) is 10.5. The molecule has 0 aliphatic heterocycles. The topological polar surface area (TPSA) is 278 Å². The number of alkyl halides is 2. The van der Waals surface area contributed by atoms with E-state index in [-0.39, 0.29) is 77.2 Å². The number of aliphatic hydroxyl groups is 4. The Kier molecular flexibility index (Phi) is 17.9. The van der Waals surface area contributed by atoms with Gasteiger partial charge in [0.05, 0.1) is 31.1 Å². The van der Waals surface area contributed by atoms with Gasteiger partial charge in [-0.1, -0.05) is 92.5 Å². The summed E-state index contributed by atoms with van der Waals surface area (Å²) < 4.78 is 47.1. The Morgan fingerprint density at radius 2 is 1.03 bits per heavy atom. The van der Waals surface area contributed by atoms with Crippen molar-refractivity contribution in [3.8, 4) is 0 Å². The number of fused-ring (bicyclic) bond motifs is 10. The second-order valence-corrected chi connectivity index (χ2v) is 37.6. The van der Waals surface area contributed by atoms with Crippen molar-refractivity contribution < 1.29 is 62.3 Å². The van der Waals surface area contributed by atoms with Gasteiger partial charge < -0.3 is 40.2 Å². The Morgan fingerprint density at radius 1 is 0.688 bits per heavy atom. The monoisotopic (exact) mass is 1120 g/mol. The standard InChI is InChI=1S/C28H45FN2O4Si.C28H43FO5Si.C2H4O2.H4N2/c1-17-13-21-20-10-9-18-14-19(31-30)11-12-25(18,5)27(20,29)22(32)15-26(21,6)28(17,34)23(33)16-35-36(7,8)24(2,3)4;1-17-13-21-20-10-9-18-14-19(30)11-12-25(18,5)27(20,29)22(31)15-26(21,6)28(17,33)23(32)16-34-35(7,8)24(2,3)4;1-2(3)4;1-2/h11-12,14,17,20-22,32,34H,9-10,13,15-16,30H2,1-8H3;11-12,14,17,20-22,31,33H,9-10,13,15-16H2,1-8H3;1H3,(H,3,4);1-2H2/b31-19+;;;/t2*17-,20+,21+,22+,25+,26+,27+,28+;;/m11../s1. The number of hydrazone groups is 1. The molecule has 0 bridgehead atoms. The lowest BCUT2D eigenvalue weighted by Gasteiger charge is -2.62. The number of rotatable bonds is 8. The fourth-order valence-corrected chi connectivity index (χ4v) is 17.4. The fraction of sp³-hybridized carbons (Fsp3) is 0.776. The summed E-state index contributed by atoms with van der Waals surface area (Å²) in [5.74, 6) is 9.54. The molecule has 0 aromatic rings. The number of carbonyl (C=O) groups excluding carboxylic acids is 3. The van der Waals surface area contributed by atoms with Crippen LogP contribution in [0.3, 0.4) is 0 Å². The number of aliphatic hydroxyl groups excluding tert-OH is 2. The van der Waals surface area contributed by atoms with Gasteiger partial charge in [-0.15, -0.1) is 0 Å². The van der Waals surface area contributed by atoms with E-state index in [1.807, 2.05) is 40.7 Å². The van der Waals surface area contributed by atoms with Crippen LogP contribution in [-0.2, 0) is 28.0 Å². The number of carboxylic acids is 1. The van der Waals surface area contributed by atoms with Crippen LogP contribution in [0.4, 0.5) is 8.78 Å². The molecule has 0 aromatic heterocycles. The molecular weight excluding hydrogens is 1020 g/mol. The zero-order valence-corrected chi connectivity index (χ0v) is 51.3. The van der Waals surface area contributed by atoms with Crippen LogP contribution in [0.5, 0.6) is 0 Å². The number of halogens is 2. The minimum Gasteiger partial charge on any atom is -0.481 e. The maximum atomic E-state index is 17.4. The highest BCUT2D eigenvalue weighted by Gasteiger charge is 2.77. The van der Waals surface area contributed by atoms with Crippen LogP contribution in [0.1, 0.15) is 141 Å². The third-order valence-electron chi connectivity index (χ3n) is 22.2. The van der Waals surface area contributed by atoms with Crippen molar-refractivity contribution in [2.24, 2.45) is 79.8 Å². The Balaban J connectivity index is 0.000000258. The Morgan fingerprint density at radius 3 is 1.36 bits per heavy atom. The number of carboxylic acid groups (broad SMARTS) is 1. The second kappa shape index (κ2) is 21.3. The third-order valence-corrected chi connectivity index (χ3v) is 31.2. The van der Waals surface area contributed by atoms with Gasteiger partial charge in [0, 0.05) is 40.4 Å². The molecule has 0 radical (unpaired) electrons. The quantitative estimate of drug-likeness (QED) is 0.0643. The van der Waals surface area contributed by atoms with Gasteiger partial charge in [0.25, 0.3) is 5.97 Å². The van der Waals surface area contributed by atoms with Crippen LogP contribution < -0.4 is 17.5 Å². The first kappa shape index (κ1) is 64.7. The van der Waals surface area contributed by atoms with E-state index in [0.29, 0.717) is 44.2 Å². The number of ketones is 3. The molecule has 6 fully saturated rings. The van der Waals surface area contributed by atoms with Gasteiger partial charge in [0.2, 0.25) is 0 Å². The van der Waals surface area contributed by atoms with Crippen LogP contribution in [0.25, 0.3) is 0 Å². The molecule has 0 saturated heterocycles. The van der Waals surface area contributed by atoms with E-state index < -0.39 is 90.8 Å². The molecular formula is C58H96F2N4O11Si2. The van der Waals surface area contributed by atoms with E-state index >= 15 is 8.78 Å². The summed E-state index contributed by atoms with van der Waals surface area (Å²) in [6.45, 7) is 32.9. The second-order valence-electron chi connectivity index (χ2n) is 28.0. The summed E-state index contributed by atoms with van der Waals surface area (Å²) in [5.41, 5.74) is -9.04. The van der Waals surface area contributed by atoms with Crippen molar-refractivity contribution in [3.05, 3.63) is 47.6 Å². The molecule has 0 unspecified atom stereocenters. The molecule has 77 heavy (non-hydrogen) atoms. The lowest BCUT2D eigenvalue weighted by molar-refractivity contribution is -0.219. The number of allylic oxidation sites excluding steroid dienone is 8. The molecule has 8 aliphatic carbocycles. The molecule has 11 N–H and O–H groups in total. The van der Waals surface area contributed by atoms with Gasteiger partial charge in [-0.2, -0.15) is 5.10 Å². The van der Waals surface area contributed by atoms with E-state index in [1.54, 1.807) is 25.2 Å². The number of Topliss-reactive ketones (excluding diaryl/α,β-unsaturated/α-hetero) is 2. The van der Waals surface area contributed by atoms with Crippen LogP contribution in [0.15, 0.2) is 52.7 Å². The van der Waals surface area contributed by atoms with Crippen molar-refractivity contribution in [1.82, 2.24) is 0 Å². The Labute approximate surface area is 459 Å². The maximum absolute atomic E-state index is 17.4. The van der Waals surface area contributed by atoms with Gasteiger partial charge >= 0.3 is 0 Å². The smallest absolute Gasteiger partial charge is 0.300 e. The molecule has 19 heteroatoms. The van der Waals surface area contributed by atoms with Crippen LogP contribution in [0, 0.1) is 57.2 Å². The SMILES string of the molecule is CC(=O)O.C[C@@H]1C[C@H]2[C@@H]3CCC4=C/C(=N/N)C=C[C@]4(C)[C@@]3(F)[C@@H](O)C[C@]2(C)[C@@]1(O)C(=O)CO[Si](C)(C)C(C)(C)C.C[C@@H]1C[C@H]2[C@@H]3CCC4=CC(=O)C=C[C@]4(C)[C@@]3(F)[C@@H](O)C[C@]2(C)[C@@]1(O)C(=O)CO[Si](C)(C)C(C)(C)C.NN. The summed E-state index contributed by atoms with van der Waals surface area (Å²) >= 11 is 0. The number of nitrogens with two attached hydrogens (primary N) is 3. The van der Waals surface area contributed by atoms with Gasteiger partial charge in [-0.05, 0) is 149 Å². The fourth-order valence-electron chi connectivity index (χ4n) is 15.5. The van der Waals surface area contributed by atoms with E-state index in [2.05, 4.69) is 84.5 Å². The predicted octanol–water partition coefficient (Wildman–Crippen LogP) is 8.51. The molecule has 15 nitrogen and oxygen atoms in total. The van der Waals surface area contributed by atoms with Gasteiger partial charge in [0.1, 0.15) is 11.2 Å². The zero-order chi connectivity index (χ0) is 59.1. The molecule has 8 aliphatic rings. The first-order valence-corrected chi connectivity index (χ1v) is 33.5. The molecule has 8 rings (SSSR count). The maximum Gasteiger partial charge on any atom is 0.300 e. The molecule has 0 spiro atoms. The van der Waals surface area contributed by atoms with Gasteiger partial charge in [0.15, 0.2) is 45.3 Å². The normalized spacial score (nSPS) is 42.4. The lowest BCUT2D eigenvalue weighted by atomic mass is 9.44. The van der Waals surface area contributed by atoms with E-state index in [0.717, 1.165) is 18.1 Å². The highest BCUT2D eigenvalue weighted by atomic mass is 28.4. The zero-order valence-electron chi connectivity index (χ0n) is 49.3. The lowest BCUT2D eigenvalue weighted by Crippen LogP contribution is -2.69.